The predicted molar refractivity (Wildman–Crippen MR) is 67.5 cm³/mol. The van der Waals surface area contributed by atoms with Crippen molar-refractivity contribution in [2.75, 3.05) is 13.1 Å². The maximum Gasteiger partial charge on any atom is 0.237 e. The fourth-order valence-corrected chi connectivity index (χ4v) is 2.35. The number of nitrogens with zero attached hydrogens (tertiary/aromatic N) is 1. The van der Waals surface area contributed by atoms with Crippen molar-refractivity contribution in [3.63, 3.8) is 0 Å². The van der Waals surface area contributed by atoms with Crippen LogP contribution in [-0.4, -0.2) is 34.9 Å². The molecule has 1 aliphatic heterocycles. The quantitative estimate of drug-likeness (QED) is 0.828. The van der Waals surface area contributed by atoms with E-state index in [9.17, 15) is 4.79 Å². The summed E-state index contributed by atoms with van der Waals surface area (Å²) < 4.78 is 0. The average molecular weight is 235 g/mol. The van der Waals surface area contributed by atoms with Crippen LogP contribution in [0, 0.1) is 5.92 Å². The average Bonchev–Trinajstić information content (AvgIpc) is 2.75. The van der Waals surface area contributed by atoms with Gasteiger partial charge in [-0.2, -0.15) is 0 Å². The molecule has 0 aliphatic carbocycles. The molecule has 2 N–H and O–H groups in total. The van der Waals surface area contributed by atoms with Gasteiger partial charge in [0.25, 0.3) is 0 Å². The number of aromatic nitrogens is 1. The van der Waals surface area contributed by atoms with Gasteiger partial charge in [0.05, 0.1) is 6.04 Å². The topological polar surface area (TPSA) is 48.1 Å². The van der Waals surface area contributed by atoms with Crippen molar-refractivity contribution in [3.8, 4) is 0 Å². The van der Waals surface area contributed by atoms with E-state index in [0.717, 1.165) is 26.1 Å². The number of hydrogen-bond donors (Lipinski definition) is 2. The van der Waals surface area contributed by atoms with Gasteiger partial charge in [0, 0.05) is 32.0 Å². The van der Waals surface area contributed by atoms with Crippen molar-refractivity contribution >= 4 is 5.91 Å². The van der Waals surface area contributed by atoms with Crippen LogP contribution in [-0.2, 0) is 11.3 Å². The Hall–Kier alpha value is -1.29. The monoisotopic (exact) mass is 235 g/mol. The molecule has 1 saturated heterocycles. The lowest BCUT2D eigenvalue weighted by atomic mass is 9.99. The molecule has 1 aromatic heterocycles. The van der Waals surface area contributed by atoms with Gasteiger partial charge in [0.1, 0.15) is 0 Å². The van der Waals surface area contributed by atoms with Gasteiger partial charge in [-0.25, -0.2) is 0 Å². The Labute approximate surface area is 102 Å². The molecule has 1 amide bonds. The van der Waals surface area contributed by atoms with Gasteiger partial charge in [-0.1, -0.05) is 13.8 Å². The van der Waals surface area contributed by atoms with Gasteiger partial charge in [-0.05, 0) is 24.0 Å². The van der Waals surface area contributed by atoms with Crippen LogP contribution in [0.3, 0.4) is 0 Å². The predicted octanol–water partition coefficient (Wildman–Crippen LogP) is 1.36. The lowest BCUT2D eigenvalue weighted by molar-refractivity contribution is -0.130. The number of hydrogen-bond acceptors (Lipinski definition) is 2. The molecule has 1 aliphatic rings. The minimum absolute atomic E-state index is 0.0265. The van der Waals surface area contributed by atoms with E-state index in [1.807, 2.05) is 12.4 Å². The summed E-state index contributed by atoms with van der Waals surface area (Å²) in [7, 11) is 0. The van der Waals surface area contributed by atoms with E-state index in [-0.39, 0.29) is 11.9 Å². The van der Waals surface area contributed by atoms with Gasteiger partial charge in [0.15, 0.2) is 0 Å². The van der Waals surface area contributed by atoms with E-state index in [1.165, 1.54) is 5.56 Å². The van der Waals surface area contributed by atoms with Crippen LogP contribution in [0.2, 0.25) is 0 Å². The third kappa shape index (κ3) is 3.09. The number of carbonyl (C=O) groups is 1. The summed E-state index contributed by atoms with van der Waals surface area (Å²) in [5.74, 6) is 0.720. The molecular formula is C13H21N3O. The van der Waals surface area contributed by atoms with Gasteiger partial charge in [0.2, 0.25) is 5.91 Å². The SMILES string of the molecule is CC(C)CC1C(=O)NCCN1Cc1cc[nH]c1. The number of rotatable bonds is 4. The first-order valence-electron chi connectivity index (χ1n) is 6.30. The largest absolute Gasteiger partial charge is 0.367 e. The molecule has 2 heterocycles. The van der Waals surface area contributed by atoms with E-state index >= 15 is 0 Å². The van der Waals surface area contributed by atoms with Crippen molar-refractivity contribution < 1.29 is 4.79 Å². The van der Waals surface area contributed by atoms with Crippen LogP contribution in [0.4, 0.5) is 0 Å². The lowest BCUT2D eigenvalue weighted by Gasteiger charge is -2.35. The molecule has 0 saturated carbocycles. The molecule has 17 heavy (non-hydrogen) atoms. The molecule has 1 fully saturated rings. The smallest absolute Gasteiger partial charge is 0.237 e. The van der Waals surface area contributed by atoms with Gasteiger partial charge in [-0.15, -0.1) is 0 Å². The Morgan fingerprint density at radius 1 is 1.53 bits per heavy atom. The highest BCUT2D eigenvalue weighted by molar-refractivity contribution is 5.82. The molecule has 0 spiro atoms. The minimum Gasteiger partial charge on any atom is -0.367 e. The van der Waals surface area contributed by atoms with E-state index in [2.05, 4.69) is 35.1 Å². The number of amides is 1. The molecule has 0 radical (unpaired) electrons. The normalized spacial score (nSPS) is 21.8. The highest BCUT2D eigenvalue weighted by Gasteiger charge is 2.29. The van der Waals surface area contributed by atoms with Crippen LogP contribution in [0.5, 0.6) is 0 Å². The van der Waals surface area contributed by atoms with E-state index < -0.39 is 0 Å². The second kappa shape index (κ2) is 5.36. The fraction of sp³-hybridized carbons (Fsp3) is 0.615. The Balaban J connectivity index is 2.04. The Morgan fingerprint density at radius 2 is 2.35 bits per heavy atom. The van der Waals surface area contributed by atoms with Crippen molar-refractivity contribution in [2.24, 2.45) is 5.92 Å². The van der Waals surface area contributed by atoms with Gasteiger partial charge in [-0.3, -0.25) is 9.69 Å². The van der Waals surface area contributed by atoms with Gasteiger partial charge >= 0.3 is 0 Å². The van der Waals surface area contributed by atoms with Crippen LogP contribution >= 0.6 is 0 Å². The highest BCUT2D eigenvalue weighted by atomic mass is 16.2. The van der Waals surface area contributed by atoms with Gasteiger partial charge < -0.3 is 10.3 Å². The van der Waals surface area contributed by atoms with Crippen molar-refractivity contribution in [3.05, 3.63) is 24.0 Å². The molecule has 94 valence electrons. The van der Waals surface area contributed by atoms with Crippen LogP contribution < -0.4 is 5.32 Å². The van der Waals surface area contributed by atoms with Crippen molar-refractivity contribution in [1.82, 2.24) is 15.2 Å². The summed E-state index contributed by atoms with van der Waals surface area (Å²) in [6, 6.07) is 2.09. The first-order chi connectivity index (χ1) is 8.16. The van der Waals surface area contributed by atoms with Crippen molar-refractivity contribution in [2.45, 2.75) is 32.9 Å². The summed E-state index contributed by atoms with van der Waals surface area (Å²) in [6.07, 6.45) is 4.85. The number of carbonyl (C=O) groups excluding carboxylic acids is 1. The zero-order valence-corrected chi connectivity index (χ0v) is 10.6. The molecule has 1 unspecified atom stereocenters. The summed E-state index contributed by atoms with van der Waals surface area (Å²) in [4.78, 5) is 17.2. The molecule has 4 heteroatoms. The third-order valence-corrected chi connectivity index (χ3v) is 3.18. The molecule has 1 aromatic rings. The first-order valence-corrected chi connectivity index (χ1v) is 6.30. The van der Waals surface area contributed by atoms with Crippen LogP contribution in [0.25, 0.3) is 0 Å². The Kier molecular flexibility index (Phi) is 3.84. The highest BCUT2D eigenvalue weighted by Crippen LogP contribution is 2.17. The zero-order chi connectivity index (χ0) is 12.3. The second-order valence-corrected chi connectivity index (χ2v) is 5.13. The Bertz CT molecular complexity index is 359. The number of nitrogens with one attached hydrogen (secondary N) is 2. The summed E-state index contributed by atoms with van der Waals surface area (Å²) in [5, 5.41) is 2.96. The molecule has 4 nitrogen and oxygen atoms in total. The van der Waals surface area contributed by atoms with Crippen molar-refractivity contribution in [1.29, 1.82) is 0 Å². The molecule has 2 rings (SSSR count). The standard InChI is InChI=1S/C13H21N3O/c1-10(2)7-12-13(17)15-5-6-16(12)9-11-3-4-14-8-11/h3-4,8,10,12,14H,5-7,9H2,1-2H3,(H,15,17). The van der Waals surface area contributed by atoms with Crippen LogP contribution in [0.1, 0.15) is 25.8 Å². The maximum atomic E-state index is 11.9. The number of H-pyrrole nitrogens is 1. The van der Waals surface area contributed by atoms with E-state index in [0.29, 0.717) is 5.92 Å². The summed E-state index contributed by atoms with van der Waals surface area (Å²) in [5.41, 5.74) is 1.24. The molecule has 1 atom stereocenters. The second-order valence-electron chi connectivity index (χ2n) is 5.13. The summed E-state index contributed by atoms with van der Waals surface area (Å²) in [6.45, 7) is 6.88. The van der Waals surface area contributed by atoms with E-state index in [1.54, 1.807) is 0 Å². The number of piperazine rings is 1. The van der Waals surface area contributed by atoms with Crippen LogP contribution in [0.15, 0.2) is 18.5 Å². The lowest BCUT2D eigenvalue weighted by Crippen LogP contribution is -2.55. The molecule has 0 aromatic carbocycles. The summed E-state index contributed by atoms with van der Waals surface area (Å²) >= 11 is 0. The molecular weight excluding hydrogens is 214 g/mol. The number of aromatic amines is 1. The van der Waals surface area contributed by atoms with E-state index in [4.69, 9.17) is 0 Å². The fourth-order valence-electron chi connectivity index (χ4n) is 2.35. The third-order valence-electron chi connectivity index (χ3n) is 3.18. The zero-order valence-electron chi connectivity index (χ0n) is 10.6. The maximum absolute atomic E-state index is 11.9. The molecule has 0 bridgehead atoms. The first kappa shape index (κ1) is 12.2. The minimum atomic E-state index is 0.0265. The Morgan fingerprint density at radius 3 is 3.00 bits per heavy atom.